The third-order valence-corrected chi connectivity index (χ3v) is 4.56. The van der Waals surface area contributed by atoms with Gasteiger partial charge in [0.25, 0.3) is 0 Å². The number of hydrogen-bond acceptors (Lipinski definition) is 4. The first-order valence-electron chi connectivity index (χ1n) is 9.30. The van der Waals surface area contributed by atoms with E-state index in [9.17, 15) is 18.4 Å². The molecule has 154 valence electrons. The van der Waals surface area contributed by atoms with Crippen molar-refractivity contribution < 1.29 is 27.8 Å². The molecule has 0 saturated heterocycles. The number of nitrogens with zero attached hydrogens (tertiary/aromatic N) is 1. The van der Waals surface area contributed by atoms with Crippen molar-refractivity contribution in [3.8, 4) is 11.5 Å². The molecular weight excluding hydrogens is 382 g/mol. The average molecular weight is 404 g/mol. The van der Waals surface area contributed by atoms with E-state index in [0.717, 1.165) is 0 Å². The zero-order valence-corrected chi connectivity index (χ0v) is 15.9. The Morgan fingerprint density at radius 1 is 1.17 bits per heavy atom. The maximum Gasteiger partial charge on any atom is 0.387 e. The van der Waals surface area contributed by atoms with Crippen molar-refractivity contribution in [2.75, 3.05) is 18.1 Å². The highest BCUT2D eigenvalue weighted by molar-refractivity contribution is 5.97. The van der Waals surface area contributed by atoms with Crippen LogP contribution in [0.2, 0.25) is 0 Å². The van der Waals surface area contributed by atoms with Crippen molar-refractivity contribution in [2.45, 2.75) is 32.4 Å². The standard InChI is InChI=1S/C21H22F2N2O4/c1-14(15-5-4-6-16(13-15)29-21(22)23)24-19(26)9-10-20(27)25-11-12-28-18-8-3-2-7-17(18)25/h2-8,13-14,21H,9-12H2,1H3,(H,24,26). The summed E-state index contributed by atoms with van der Waals surface area (Å²) in [6.45, 7) is -0.334. The second kappa shape index (κ2) is 9.36. The number of carbonyl (C=O) groups excluding carboxylic acids is 2. The van der Waals surface area contributed by atoms with Gasteiger partial charge in [0, 0.05) is 12.8 Å². The quantitative estimate of drug-likeness (QED) is 0.765. The third kappa shape index (κ3) is 5.43. The fraction of sp³-hybridized carbons (Fsp3) is 0.333. The van der Waals surface area contributed by atoms with Crippen LogP contribution in [0.25, 0.3) is 0 Å². The number of alkyl halides is 2. The number of anilines is 1. The summed E-state index contributed by atoms with van der Waals surface area (Å²) in [4.78, 5) is 26.5. The Hall–Kier alpha value is -3.16. The van der Waals surface area contributed by atoms with E-state index in [2.05, 4.69) is 10.1 Å². The number of para-hydroxylation sites is 2. The maximum atomic E-state index is 12.6. The largest absolute Gasteiger partial charge is 0.490 e. The lowest BCUT2D eigenvalue weighted by Gasteiger charge is -2.29. The van der Waals surface area contributed by atoms with E-state index < -0.39 is 12.7 Å². The molecule has 0 aliphatic carbocycles. The molecule has 3 rings (SSSR count). The van der Waals surface area contributed by atoms with Gasteiger partial charge in [0.2, 0.25) is 11.8 Å². The molecule has 0 radical (unpaired) electrons. The predicted octanol–water partition coefficient (Wildman–Crippen LogP) is 3.67. The van der Waals surface area contributed by atoms with E-state index in [1.165, 1.54) is 12.1 Å². The molecule has 1 unspecified atom stereocenters. The molecule has 2 amide bonds. The lowest BCUT2D eigenvalue weighted by molar-refractivity contribution is -0.125. The Morgan fingerprint density at radius 3 is 2.76 bits per heavy atom. The third-order valence-electron chi connectivity index (χ3n) is 4.56. The molecule has 0 bridgehead atoms. The molecule has 8 heteroatoms. The fourth-order valence-corrected chi connectivity index (χ4v) is 3.14. The number of fused-ring (bicyclic) bond motifs is 1. The molecule has 1 aliphatic heterocycles. The number of carbonyl (C=O) groups is 2. The highest BCUT2D eigenvalue weighted by atomic mass is 19.3. The molecule has 0 saturated carbocycles. The smallest absolute Gasteiger partial charge is 0.387 e. The minimum absolute atomic E-state index is 0.0237. The van der Waals surface area contributed by atoms with Gasteiger partial charge in [-0.1, -0.05) is 24.3 Å². The van der Waals surface area contributed by atoms with Gasteiger partial charge in [-0.25, -0.2) is 0 Å². The zero-order chi connectivity index (χ0) is 20.8. The zero-order valence-electron chi connectivity index (χ0n) is 15.9. The summed E-state index contributed by atoms with van der Waals surface area (Å²) in [5, 5.41) is 2.78. The van der Waals surface area contributed by atoms with Crippen LogP contribution < -0.4 is 19.7 Å². The van der Waals surface area contributed by atoms with E-state index in [1.54, 1.807) is 30.0 Å². The van der Waals surface area contributed by atoms with Crippen molar-refractivity contribution in [2.24, 2.45) is 0 Å². The van der Waals surface area contributed by atoms with Gasteiger partial charge >= 0.3 is 6.61 Å². The number of ether oxygens (including phenoxy) is 2. The van der Waals surface area contributed by atoms with E-state index in [1.807, 2.05) is 18.2 Å². The second-order valence-electron chi connectivity index (χ2n) is 6.60. The maximum absolute atomic E-state index is 12.6. The second-order valence-corrected chi connectivity index (χ2v) is 6.60. The van der Waals surface area contributed by atoms with Gasteiger partial charge in [0.15, 0.2) is 0 Å². The normalized spacial score (nSPS) is 14.0. The minimum atomic E-state index is -2.91. The minimum Gasteiger partial charge on any atom is -0.490 e. The first-order chi connectivity index (χ1) is 13.9. The van der Waals surface area contributed by atoms with Crippen LogP contribution in [0.15, 0.2) is 48.5 Å². The summed E-state index contributed by atoms with van der Waals surface area (Å²) in [6.07, 6.45) is 0.0807. The Morgan fingerprint density at radius 2 is 1.97 bits per heavy atom. The number of amides is 2. The van der Waals surface area contributed by atoms with Crippen LogP contribution >= 0.6 is 0 Å². The number of nitrogens with one attached hydrogen (secondary N) is 1. The summed E-state index contributed by atoms with van der Waals surface area (Å²) in [5.74, 6) is 0.222. The van der Waals surface area contributed by atoms with Gasteiger partial charge in [-0.2, -0.15) is 8.78 Å². The monoisotopic (exact) mass is 404 g/mol. The summed E-state index contributed by atoms with van der Waals surface area (Å²) < 4.78 is 34.6. The van der Waals surface area contributed by atoms with Crippen LogP contribution in [0.4, 0.5) is 14.5 Å². The SMILES string of the molecule is CC(NC(=O)CCC(=O)N1CCOc2ccccc21)c1cccc(OC(F)F)c1. The first kappa shape index (κ1) is 20.6. The van der Waals surface area contributed by atoms with Crippen molar-refractivity contribution in [1.82, 2.24) is 5.32 Å². The van der Waals surface area contributed by atoms with Gasteiger partial charge in [0.1, 0.15) is 18.1 Å². The Balaban J connectivity index is 1.53. The van der Waals surface area contributed by atoms with Gasteiger partial charge in [-0.15, -0.1) is 0 Å². The van der Waals surface area contributed by atoms with E-state index in [-0.39, 0.29) is 30.4 Å². The van der Waals surface area contributed by atoms with Crippen molar-refractivity contribution >= 4 is 17.5 Å². The molecule has 1 aliphatic rings. The van der Waals surface area contributed by atoms with Gasteiger partial charge in [-0.05, 0) is 36.8 Å². The van der Waals surface area contributed by atoms with Crippen LogP contribution in [0, 0.1) is 0 Å². The van der Waals surface area contributed by atoms with Crippen LogP contribution in [0.1, 0.15) is 31.4 Å². The molecule has 0 spiro atoms. The topological polar surface area (TPSA) is 67.9 Å². The Bertz CT molecular complexity index is 875. The van der Waals surface area contributed by atoms with Gasteiger partial charge in [-0.3, -0.25) is 9.59 Å². The Kier molecular flexibility index (Phi) is 6.64. The van der Waals surface area contributed by atoms with Crippen molar-refractivity contribution in [1.29, 1.82) is 0 Å². The highest BCUT2D eigenvalue weighted by Gasteiger charge is 2.23. The molecular formula is C21H22F2N2O4. The van der Waals surface area contributed by atoms with Crippen LogP contribution in [0.5, 0.6) is 11.5 Å². The number of benzene rings is 2. The molecule has 29 heavy (non-hydrogen) atoms. The number of hydrogen-bond donors (Lipinski definition) is 1. The molecule has 2 aromatic rings. The molecule has 1 N–H and O–H groups in total. The van der Waals surface area contributed by atoms with Crippen molar-refractivity contribution in [3.05, 3.63) is 54.1 Å². The van der Waals surface area contributed by atoms with E-state index in [0.29, 0.717) is 30.2 Å². The van der Waals surface area contributed by atoms with E-state index in [4.69, 9.17) is 4.74 Å². The molecule has 2 aromatic carbocycles. The molecule has 0 fully saturated rings. The van der Waals surface area contributed by atoms with Crippen LogP contribution in [-0.2, 0) is 9.59 Å². The molecule has 1 heterocycles. The van der Waals surface area contributed by atoms with E-state index >= 15 is 0 Å². The summed E-state index contributed by atoms with van der Waals surface area (Å²) in [6, 6.07) is 13.0. The summed E-state index contributed by atoms with van der Waals surface area (Å²) in [7, 11) is 0. The molecule has 6 nitrogen and oxygen atoms in total. The Labute approximate surface area is 167 Å². The predicted molar refractivity (Wildman–Crippen MR) is 103 cm³/mol. The highest BCUT2D eigenvalue weighted by Crippen LogP contribution is 2.31. The first-order valence-corrected chi connectivity index (χ1v) is 9.30. The number of rotatable bonds is 7. The lowest BCUT2D eigenvalue weighted by atomic mass is 10.1. The summed E-state index contributed by atoms with van der Waals surface area (Å²) >= 11 is 0. The lowest BCUT2D eigenvalue weighted by Crippen LogP contribution is -2.38. The number of halogens is 2. The fourth-order valence-electron chi connectivity index (χ4n) is 3.14. The van der Waals surface area contributed by atoms with Gasteiger partial charge in [0.05, 0.1) is 18.3 Å². The van der Waals surface area contributed by atoms with Crippen LogP contribution in [-0.4, -0.2) is 31.6 Å². The molecule has 0 aromatic heterocycles. The van der Waals surface area contributed by atoms with Crippen LogP contribution in [0.3, 0.4) is 0 Å². The molecule has 1 atom stereocenters. The average Bonchev–Trinajstić information content (AvgIpc) is 2.71. The van der Waals surface area contributed by atoms with Gasteiger partial charge < -0.3 is 19.7 Å². The summed E-state index contributed by atoms with van der Waals surface area (Å²) in [5.41, 5.74) is 1.33. The van der Waals surface area contributed by atoms with Crippen molar-refractivity contribution in [3.63, 3.8) is 0 Å².